The van der Waals surface area contributed by atoms with Gasteiger partial charge in [-0.25, -0.2) is 9.18 Å². The van der Waals surface area contributed by atoms with Crippen molar-refractivity contribution in [3.8, 4) is 0 Å². The molecule has 0 aliphatic carbocycles. The minimum Gasteiger partial charge on any atom is -0.445 e. The van der Waals surface area contributed by atoms with Crippen molar-refractivity contribution < 1.29 is 13.9 Å². The molecule has 0 N–H and O–H groups in total. The van der Waals surface area contributed by atoms with E-state index < -0.39 is 18.2 Å². The van der Waals surface area contributed by atoms with Gasteiger partial charge in [-0.15, -0.1) is 0 Å². The molecule has 1 aliphatic heterocycles. The average Bonchev–Trinajstić information content (AvgIpc) is 2.85. The van der Waals surface area contributed by atoms with E-state index in [1.165, 1.54) is 4.90 Å². The summed E-state index contributed by atoms with van der Waals surface area (Å²) >= 11 is 0. The summed E-state index contributed by atoms with van der Waals surface area (Å²) < 4.78 is 18.8. The van der Waals surface area contributed by atoms with Crippen LogP contribution in [0.1, 0.15) is 5.56 Å². The Bertz CT molecular complexity index is 504. The third-order valence-corrected chi connectivity index (χ3v) is 3.20. The molecule has 2 rings (SSSR count). The lowest BCUT2D eigenvalue weighted by molar-refractivity contribution is 0.102. The van der Waals surface area contributed by atoms with Gasteiger partial charge in [0.2, 0.25) is 0 Å². The molecule has 20 heavy (non-hydrogen) atoms. The molecule has 0 spiro atoms. The number of alkyl halides is 1. The fourth-order valence-corrected chi connectivity index (χ4v) is 2.10. The van der Waals surface area contributed by atoms with Gasteiger partial charge in [0.15, 0.2) is 0 Å². The molecule has 1 heterocycles. The van der Waals surface area contributed by atoms with Crippen LogP contribution in [0.2, 0.25) is 0 Å². The number of nitrogens with zero attached hydrogens (tertiary/aromatic N) is 4. The molecule has 0 aromatic heterocycles. The van der Waals surface area contributed by atoms with Gasteiger partial charge in [-0.05, 0) is 11.1 Å². The standard InChI is InChI=1S/C13H15FN4O2/c14-12-8-18(7-11(12)6-16-17-15)13(19)20-9-10-4-2-1-3-5-10/h1-5,11-12H,6-9H2/t11-,12-/m0/s1. The fourth-order valence-electron chi connectivity index (χ4n) is 2.10. The summed E-state index contributed by atoms with van der Waals surface area (Å²) in [5.74, 6) is -0.449. The number of carbonyl (C=O) groups excluding carboxylic acids is 1. The Hall–Kier alpha value is -2.27. The summed E-state index contributed by atoms with van der Waals surface area (Å²) in [6.07, 6.45) is -1.72. The van der Waals surface area contributed by atoms with Crippen LogP contribution in [-0.4, -0.2) is 36.8 Å². The lowest BCUT2D eigenvalue weighted by atomic mass is 10.1. The highest BCUT2D eigenvalue weighted by atomic mass is 19.1. The van der Waals surface area contributed by atoms with Crippen LogP contribution in [0.3, 0.4) is 0 Å². The van der Waals surface area contributed by atoms with E-state index in [0.717, 1.165) is 5.56 Å². The molecule has 1 aromatic carbocycles. The predicted octanol–water partition coefficient (Wildman–Crippen LogP) is 2.90. The van der Waals surface area contributed by atoms with E-state index >= 15 is 0 Å². The zero-order valence-electron chi connectivity index (χ0n) is 10.9. The Morgan fingerprint density at radius 1 is 1.45 bits per heavy atom. The van der Waals surface area contributed by atoms with E-state index in [1.54, 1.807) is 0 Å². The smallest absolute Gasteiger partial charge is 0.410 e. The van der Waals surface area contributed by atoms with E-state index in [9.17, 15) is 9.18 Å². The third-order valence-electron chi connectivity index (χ3n) is 3.20. The lowest BCUT2D eigenvalue weighted by Gasteiger charge is -2.15. The molecule has 2 atom stereocenters. The van der Waals surface area contributed by atoms with Gasteiger partial charge >= 0.3 is 6.09 Å². The van der Waals surface area contributed by atoms with Gasteiger partial charge in [-0.2, -0.15) is 0 Å². The van der Waals surface area contributed by atoms with E-state index in [4.69, 9.17) is 10.3 Å². The topological polar surface area (TPSA) is 78.3 Å². The Balaban J connectivity index is 1.83. The van der Waals surface area contributed by atoms with Crippen molar-refractivity contribution in [2.24, 2.45) is 11.0 Å². The second kappa shape index (κ2) is 6.77. The molecular weight excluding hydrogens is 263 g/mol. The predicted molar refractivity (Wildman–Crippen MR) is 70.6 cm³/mol. The number of likely N-dealkylation sites (tertiary alicyclic amines) is 1. The number of hydrogen-bond donors (Lipinski definition) is 0. The summed E-state index contributed by atoms with van der Waals surface area (Å²) in [4.78, 5) is 15.7. The van der Waals surface area contributed by atoms with Crippen molar-refractivity contribution in [3.05, 3.63) is 46.3 Å². The number of hydrogen-bond acceptors (Lipinski definition) is 3. The van der Waals surface area contributed by atoms with Crippen molar-refractivity contribution in [1.82, 2.24) is 4.90 Å². The molecule has 1 amide bonds. The molecular formula is C13H15FN4O2. The van der Waals surface area contributed by atoms with Crippen molar-refractivity contribution in [3.63, 3.8) is 0 Å². The van der Waals surface area contributed by atoms with Crippen LogP contribution in [0, 0.1) is 5.92 Å². The van der Waals surface area contributed by atoms with Crippen molar-refractivity contribution in [1.29, 1.82) is 0 Å². The summed E-state index contributed by atoms with van der Waals surface area (Å²) in [6.45, 7) is 0.418. The van der Waals surface area contributed by atoms with Crippen LogP contribution in [0.15, 0.2) is 35.4 Å². The maximum atomic E-state index is 13.7. The SMILES string of the molecule is [N-]=[N+]=NC[C@H]1CN(C(=O)OCc2ccccc2)C[C@@H]1F. The number of halogens is 1. The maximum absolute atomic E-state index is 13.7. The minimum atomic E-state index is -1.18. The Morgan fingerprint density at radius 2 is 2.20 bits per heavy atom. The van der Waals surface area contributed by atoms with E-state index in [1.807, 2.05) is 30.3 Å². The van der Waals surface area contributed by atoms with Crippen molar-refractivity contribution >= 4 is 6.09 Å². The van der Waals surface area contributed by atoms with Gasteiger partial charge in [-0.1, -0.05) is 35.4 Å². The Labute approximate surface area is 115 Å². The van der Waals surface area contributed by atoms with Crippen LogP contribution in [0.5, 0.6) is 0 Å². The van der Waals surface area contributed by atoms with Gasteiger partial charge in [0.1, 0.15) is 12.8 Å². The highest BCUT2D eigenvalue weighted by molar-refractivity contribution is 5.68. The monoisotopic (exact) mass is 278 g/mol. The number of carbonyl (C=O) groups is 1. The highest BCUT2D eigenvalue weighted by Gasteiger charge is 2.35. The first-order valence-electron chi connectivity index (χ1n) is 6.31. The molecule has 1 aliphatic rings. The zero-order chi connectivity index (χ0) is 14.4. The number of benzene rings is 1. The third kappa shape index (κ3) is 3.61. The molecule has 1 saturated heterocycles. The van der Waals surface area contributed by atoms with E-state index in [-0.39, 0.29) is 26.2 Å². The molecule has 0 unspecified atom stereocenters. The molecule has 7 heteroatoms. The first-order chi connectivity index (χ1) is 9.70. The van der Waals surface area contributed by atoms with Crippen LogP contribution in [0.25, 0.3) is 10.4 Å². The zero-order valence-corrected chi connectivity index (χ0v) is 10.9. The summed E-state index contributed by atoms with van der Waals surface area (Å²) in [5, 5.41) is 3.35. The van der Waals surface area contributed by atoms with E-state index in [0.29, 0.717) is 0 Å². The average molecular weight is 278 g/mol. The van der Waals surface area contributed by atoms with Crippen LogP contribution in [0.4, 0.5) is 9.18 Å². The molecule has 0 radical (unpaired) electrons. The molecule has 1 fully saturated rings. The van der Waals surface area contributed by atoms with Gasteiger partial charge < -0.3 is 9.64 Å². The van der Waals surface area contributed by atoms with E-state index in [2.05, 4.69) is 10.0 Å². The highest BCUT2D eigenvalue weighted by Crippen LogP contribution is 2.21. The van der Waals surface area contributed by atoms with Crippen LogP contribution < -0.4 is 0 Å². The fraction of sp³-hybridized carbons (Fsp3) is 0.462. The Kier molecular flexibility index (Phi) is 4.79. The number of azide groups is 1. The summed E-state index contributed by atoms with van der Waals surface area (Å²) in [7, 11) is 0. The summed E-state index contributed by atoms with van der Waals surface area (Å²) in [5.41, 5.74) is 9.11. The summed E-state index contributed by atoms with van der Waals surface area (Å²) in [6, 6.07) is 9.28. The number of rotatable bonds is 4. The molecule has 6 nitrogen and oxygen atoms in total. The van der Waals surface area contributed by atoms with Gasteiger partial charge in [0.05, 0.1) is 6.54 Å². The molecule has 0 saturated carbocycles. The van der Waals surface area contributed by atoms with Gasteiger partial charge in [0, 0.05) is 23.9 Å². The normalized spacial score (nSPS) is 21.4. The number of ether oxygens (including phenoxy) is 1. The first kappa shape index (κ1) is 14.1. The molecule has 1 aromatic rings. The number of amides is 1. The van der Waals surface area contributed by atoms with Crippen LogP contribution >= 0.6 is 0 Å². The largest absolute Gasteiger partial charge is 0.445 e. The van der Waals surface area contributed by atoms with Crippen LogP contribution in [-0.2, 0) is 11.3 Å². The first-order valence-corrected chi connectivity index (χ1v) is 6.31. The minimum absolute atomic E-state index is 0.0146. The Morgan fingerprint density at radius 3 is 2.90 bits per heavy atom. The van der Waals surface area contributed by atoms with Crippen molar-refractivity contribution in [2.75, 3.05) is 19.6 Å². The molecule has 0 bridgehead atoms. The van der Waals surface area contributed by atoms with Gasteiger partial charge in [0.25, 0.3) is 0 Å². The lowest BCUT2D eigenvalue weighted by Crippen LogP contribution is -2.29. The quantitative estimate of drug-likeness (QED) is 0.482. The second-order valence-corrected chi connectivity index (χ2v) is 4.63. The maximum Gasteiger partial charge on any atom is 0.410 e. The van der Waals surface area contributed by atoms with Gasteiger partial charge in [-0.3, -0.25) is 0 Å². The molecule has 106 valence electrons. The second-order valence-electron chi connectivity index (χ2n) is 4.63. The van der Waals surface area contributed by atoms with Crippen molar-refractivity contribution in [2.45, 2.75) is 12.8 Å².